The van der Waals surface area contributed by atoms with Crippen LogP contribution in [-0.4, -0.2) is 18.2 Å². The normalized spacial score (nSPS) is 20.9. The van der Waals surface area contributed by atoms with Gasteiger partial charge in [-0.1, -0.05) is 0 Å². The lowest BCUT2D eigenvalue weighted by molar-refractivity contribution is -0.137. The summed E-state index contributed by atoms with van der Waals surface area (Å²) in [4.78, 5) is 21.0. The quantitative estimate of drug-likeness (QED) is 0.334. The second kappa shape index (κ2) is 2.56. The molecule has 0 bridgehead atoms. The Balaban J connectivity index is 2.51. The molecule has 50 valence electrons. The number of amides is 1. The van der Waals surface area contributed by atoms with Crippen LogP contribution in [0, 0.1) is 0 Å². The number of carbonyl (C=O) groups excluding carboxylic acids is 2. The first-order chi connectivity index (χ1) is 4.30. The summed E-state index contributed by atoms with van der Waals surface area (Å²) in [5, 5.41) is 0. The lowest BCUT2D eigenvalue weighted by Crippen LogP contribution is -2.45. The Labute approximate surface area is 51.7 Å². The molecule has 0 spiro atoms. The fourth-order valence-electron chi connectivity index (χ4n) is 0.523. The zero-order valence-corrected chi connectivity index (χ0v) is 4.73. The summed E-state index contributed by atoms with van der Waals surface area (Å²) >= 11 is 0. The van der Waals surface area contributed by atoms with Gasteiger partial charge in [0.25, 0.3) is 0 Å². The van der Waals surface area contributed by atoms with Crippen LogP contribution >= 0.6 is 0 Å². The fourth-order valence-corrected chi connectivity index (χ4v) is 0.523. The van der Waals surface area contributed by atoms with Crippen LogP contribution < -0.4 is 16.4 Å². The average Bonchev–Trinajstić information content (AvgIpc) is 1.99. The Morgan fingerprint density at radius 2 is 2.11 bits per heavy atom. The van der Waals surface area contributed by atoms with Gasteiger partial charge in [-0.15, -0.1) is 0 Å². The molecule has 0 atom stereocenters. The second-order valence-corrected chi connectivity index (χ2v) is 1.68. The van der Waals surface area contributed by atoms with Crippen LogP contribution in [0.1, 0.15) is 6.42 Å². The molecule has 1 amide bonds. The second-order valence-electron chi connectivity index (χ2n) is 1.68. The Morgan fingerprint density at radius 3 is 2.89 bits per heavy atom. The molecule has 1 saturated heterocycles. The summed E-state index contributed by atoms with van der Waals surface area (Å²) in [7, 11) is 0. The minimum atomic E-state index is -0.583. The zero-order chi connectivity index (χ0) is 6.69. The van der Waals surface area contributed by atoms with Crippen LogP contribution in [0.25, 0.3) is 0 Å². The molecule has 1 fully saturated rings. The number of rotatable bonds is 0. The molecule has 1 aliphatic rings. The predicted molar refractivity (Wildman–Crippen MR) is 28.9 cm³/mol. The van der Waals surface area contributed by atoms with Gasteiger partial charge < -0.3 is 0 Å². The lowest BCUT2D eigenvalue weighted by Gasteiger charge is -1.97. The van der Waals surface area contributed by atoms with Crippen LogP contribution in [0.4, 0.5) is 0 Å². The Morgan fingerprint density at radius 1 is 1.33 bits per heavy atom. The Hall–Kier alpha value is -0.940. The molecule has 5 heteroatoms. The molecule has 0 aliphatic carbocycles. The van der Waals surface area contributed by atoms with Crippen molar-refractivity contribution in [2.75, 3.05) is 6.54 Å². The topological polar surface area (TPSA) is 70.2 Å². The molecular formula is C4H7N3O2. The number of Topliss-reactive ketones (excluding diaryl/α,β-unsaturated/α-hetero) is 1. The van der Waals surface area contributed by atoms with E-state index in [2.05, 4.69) is 16.4 Å². The van der Waals surface area contributed by atoms with Crippen molar-refractivity contribution in [2.24, 2.45) is 0 Å². The van der Waals surface area contributed by atoms with Crippen molar-refractivity contribution in [3.8, 4) is 0 Å². The van der Waals surface area contributed by atoms with Gasteiger partial charge in [0, 0.05) is 13.0 Å². The Bertz CT molecular complexity index is 129. The fraction of sp³-hybridized carbons (Fsp3) is 0.500. The molecule has 0 saturated carbocycles. The third-order valence-corrected chi connectivity index (χ3v) is 0.995. The van der Waals surface area contributed by atoms with Crippen LogP contribution in [0.2, 0.25) is 0 Å². The minimum Gasteiger partial charge on any atom is -0.289 e. The molecule has 0 aromatic rings. The van der Waals surface area contributed by atoms with Gasteiger partial charge in [0.2, 0.25) is 5.78 Å². The highest BCUT2D eigenvalue weighted by Crippen LogP contribution is 1.81. The van der Waals surface area contributed by atoms with Crippen molar-refractivity contribution in [1.82, 2.24) is 16.4 Å². The predicted octanol–water partition coefficient (Wildman–Crippen LogP) is -1.92. The zero-order valence-electron chi connectivity index (χ0n) is 4.73. The monoisotopic (exact) mass is 129 g/mol. The maximum atomic E-state index is 10.5. The van der Waals surface area contributed by atoms with Gasteiger partial charge in [0.1, 0.15) is 0 Å². The maximum absolute atomic E-state index is 10.5. The summed E-state index contributed by atoms with van der Waals surface area (Å²) < 4.78 is 0. The van der Waals surface area contributed by atoms with E-state index in [1.54, 1.807) is 0 Å². The third-order valence-electron chi connectivity index (χ3n) is 0.995. The van der Waals surface area contributed by atoms with Gasteiger partial charge >= 0.3 is 5.91 Å². The number of hydrogen-bond donors (Lipinski definition) is 3. The first-order valence-corrected chi connectivity index (χ1v) is 2.62. The highest BCUT2D eigenvalue weighted by Gasteiger charge is 2.14. The summed E-state index contributed by atoms with van der Waals surface area (Å²) in [6.45, 7) is 0.484. The van der Waals surface area contributed by atoms with Crippen LogP contribution in [0.15, 0.2) is 0 Å². The number of hydrogen-bond acceptors (Lipinski definition) is 4. The molecular weight excluding hydrogens is 122 g/mol. The molecule has 1 rings (SSSR count). The summed E-state index contributed by atoms with van der Waals surface area (Å²) in [6, 6.07) is 0. The summed E-state index contributed by atoms with van der Waals surface area (Å²) in [5.41, 5.74) is 7.11. The average molecular weight is 129 g/mol. The molecule has 0 unspecified atom stereocenters. The van der Waals surface area contributed by atoms with E-state index >= 15 is 0 Å². The van der Waals surface area contributed by atoms with E-state index in [-0.39, 0.29) is 6.42 Å². The van der Waals surface area contributed by atoms with E-state index in [1.807, 2.05) is 0 Å². The number of carbonyl (C=O) groups is 2. The summed E-state index contributed by atoms with van der Waals surface area (Å²) in [6.07, 6.45) is 0.249. The van der Waals surface area contributed by atoms with Crippen molar-refractivity contribution in [1.29, 1.82) is 0 Å². The number of nitrogens with one attached hydrogen (secondary N) is 3. The van der Waals surface area contributed by atoms with E-state index in [9.17, 15) is 9.59 Å². The maximum Gasteiger partial charge on any atom is 0.302 e. The van der Waals surface area contributed by atoms with Gasteiger partial charge in [-0.3, -0.25) is 15.0 Å². The highest BCUT2D eigenvalue weighted by molar-refractivity contribution is 6.36. The first kappa shape index (κ1) is 6.18. The van der Waals surface area contributed by atoms with Gasteiger partial charge in [-0.25, -0.2) is 5.43 Å². The highest BCUT2D eigenvalue weighted by atomic mass is 16.2. The summed E-state index contributed by atoms with van der Waals surface area (Å²) in [5.74, 6) is -0.979. The Kier molecular flexibility index (Phi) is 1.76. The molecule has 0 aromatic heterocycles. The van der Waals surface area contributed by atoms with Crippen LogP contribution in [-0.2, 0) is 9.59 Å². The number of hydrazine groups is 2. The smallest absolute Gasteiger partial charge is 0.289 e. The SMILES string of the molecule is O=C1CCNNNC1=O. The van der Waals surface area contributed by atoms with Gasteiger partial charge in [0.15, 0.2) is 0 Å². The van der Waals surface area contributed by atoms with Crippen molar-refractivity contribution in [3.63, 3.8) is 0 Å². The minimum absolute atomic E-state index is 0.249. The molecule has 5 nitrogen and oxygen atoms in total. The lowest BCUT2D eigenvalue weighted by atomic mass is 10.3. The van der Waals surface area contributed by atoms with Crippen molar-refractivity contribution < 1.29 is 9.59 Å². The van der Waals surface area contributed by atoms with Crippen molar-refractivity contribution >= 4 is 11.7 Å². The molecule has 0 aromatic carbocycles. The standard InChI is InChI=1S/C4H7N3O2/c8-3-1-2-5-7-6-4(3)9/h5,7H,1-2H2,(H,6,9). The third kappa shape index (κ3) is 1.48. The van der Waals surface area contributed by atoms with E-state index in [4.69, 9.17) is 0 Å². The van der Waals surface area contributed by atoms with Crippen LogP contribution in [0.5, 0.6) is 0 Å². The first-order valence-electron chi connectivity index (χ1n) is 2.62. The van der Waals surface area contributed by atoms with Crippen molar-refractivity contribution in [2.45, 2.75) is 6.42 Å². The van der Waals surface area contributed by atoms with Gasteiger partial charge in [0.05, 0.1) is 0 Å². The van der Waals surface area contributed by atoms with E-state index in [0.717, 1.165) is 0 Å². The van der Waals surface area contributed by atoms with E-state index < -0.39 is 11.7 Å². The largest absolute Gasteiger partial charge is 0.302 e. The van der Waals surface area contributed by atoms with Crippen LogP contribution in [0.3, 0.4) is 0 Å². The van der Waals surface area contributed by atoms with E-state index in [0.29, 0.717) is 6.54 Å². The molecule has 1 aliphatic heterocycles. The van der Waals surface area contributed by atoms with Crippen molar-refractivity contribution in [3.05, 3.63) is 0 Å². The molecule has 3 N–H and O–H groups in total. The number of ketones is 1. The molecule has 1 heterocycles. The van der Waals surface area contributed by atoms with Gasteiger partial charge in [-0.2, -0.15) is 5.53 Å². The molecule has 0 radical (unpaired) electrons. The van der Waals surface area contributed by atoms with E-state index in [1.165, 1.54) is 0 Å². The molecule has 9 heavy (non-hydrogen) atoms. The van der Waals surface area contributed by atoms with Gasteiger partial charge in [-0.05, 0) is 0 Å².